The second-order valence-corrected chi connectivity index (χ2v) is 4.93. The number of hydrogen-bond donors (Lipinski definition) is 1. The fourth-order valence-electron chi connectivity index (χ4n) is 1.70. The van der Waals surface area contributed by atoms with Crippen LogP contribution in [0.5, 0.6) is 0 Å². The quantitative estimate of drug-likeness (QED) is 0.838. The summed E-state index contributed by atoms with van der Waals surface area (Å²) in [4.78, 5) is 11.7. The number of nitrogens with zero attached hydrogens (tertiary/aromatic N) is 2. The highest BCUT2D eigenvalue weighted by atomic mass is 35.5. The Morgan fingerprint density at radius 2 is 2.18 bits per heavy atom. The van der Waals surface area contributed by atoms with E-state index in [0.717, 1.165) is 18.5 Å². The molecule has 1 aliphatic rings. The maximum Gasteiger partial charge on any atom is 0.220 e. The first-order valence-corrected chi connectivity index (χ1v) is 6.44. The molecule has 1 amide bonds. The minimum atomic E-state index is -0.318. The summed E-state index contributed by atoms with van der Waals surface area (Å²) in [5, 5.41) is 11.2. The predicted molar refractivity (Wildman–Crippen MR) is 66.1 cm³/mol. The van der Waals surface area contributed by atoms with Crippen molar-refractivity contribution in [3.05, 3.63) is 23.0 Å². The van der Waals surface area contributed by atoms with Gasteiger partial charge >= 0.3 is 0 Å². The van der Waals surface area contributed by atoms with E-state index in [1.807, 2.05) is 6.07 Å². The molecule has 0 aliphatic heterocycles. The Hall–Kier alpha value is -0.870. The van der Waals surface area contributed by atoms with E-state index >= 15 is 0 Å². The fourth-order valence-corrected chi connectivity index (χ4v) is 1.93. The summed E-state index contributed by atoms with van der Waals surface area (Å²) >= 11 is 11.2. The van der Waals surface area contributed by atoms with Gasteiger partial charge in [0.1, 0.15) is 0 Å². The Kier molecular flexibility index (Phi) is 3.84. The van der Waals surface area contributed by atoms with E-state index in [4.69, 9.17) is 23.2 Å². The Morgan fingerprint density at radius 3 is 2.71 bits per heavy atom. The van der Waals surface area contributed by atoms with E-state index < -0.39 is 0 Å². The van der Waals surface area contributed by atoms with Crippen molar-refractivity contribution < 1.29 is 4.79 Å². The Balaban J connectivity index is 2.00. The van der Waals surface area contributed by atoms with Crippen LogP contribution in [0.15, 0.2) is 12.1 Å². The lowest BCUT2D eigenvalue weighted by atomic mass is 10.1. The second kappa shape index (κ2) is 5.19. The molecular weight excluding hydrogens is 261 g/mol. The zero-order chi connectivity index (χ0) is 12.3. The van der Waals surface area contributed by atoms with Crippen molar-refractivity contribution in [3.8, 4) is 0 Å². The molecular formula is C11H13Cl2N3O. The predicted octanol–water partition coefficient (Wildman–Crippen LogP) is 2.25. The maximum absolute atomic E-state index is 11.7. The van der Waals surface area contributed by atoms with Crippen molar-refractivity contribution in [3.63, 3.8) is 0 Å². The van der Waals surface area contributed by atoms with Gasteiger partial charge in [-0.25, -0.2) is 0 Å². The average molecular weight is 274 g/mol. The van der Waals surface area contributed by atoms with Gasteiger partial charge in [-0.15, -0.1) is 16.7 Å². The molecule has 0 radical (unpaired) electrons. The first kappa shape index (κ1) is 12.6. The molecule has 6 heteroatoms. The molecule has 0 saturated heterocycles. The molecule has 92 valence electrons. The van der Waals surface area contributed by atoms with Gasteiger partial charge in [-0.05, 0) is 31.4 Å². The number of hydrogen-bond acceptors (Lipinski definition) is 3. The highest BCUT2D eigenvalue weighted by Crippen LogP contribution is 2.44. The monoisotopic (exact) mass is 273 g/mol. The number of alkyl halides is 1. The number of nitrogens with one attached hydrogen (secondary N) is 1. The highest BCUT2D eigenvalue weighted by Gasteiger charge is 2.47. The smallest absolute Gasteiger partial charge is 0.220 e. The van der Waals surface area contributed by atoms with E-state index in [-0.39, 0.29) is 11.4 Å². The Morgan fingerprint density at radius 1 is 1.41 bits per heavy atom. The topological polar surface area (TPSA) is 54.9 Å². The van der Waals surface area contributed by atoms with Gasteiger partial charge in [-0.3, -0.25) is 4.79 Å². The van der Waals surface area contributed by atoms with E-state index in [1.165, 1.54) is 0 Å². The van der Waals surface area contributed by atoms with Crippen LogP contribution in [0, 0.1) is 0 Å². The van der Waals surface area contributed by atoms with Crippen LogP contribution in [-0.4, -0.2) is 22.0 Å². The first-order chi connectivity index (χ1) is 8.16. The molecule has 1 aromatic rings. The van der Waals surface area contributed by atoms with Crippen molar-refractivity contribution in [1.29, 1.82) is 0 Å². The molecule has 0 aromatic carbocycles. The normalized spacial score (nSPS) is 16.6. The third-order valence-electron chi connectivity index (χ3n) is 2.79. The molecule has 0 bridgehead atoms. The summed E-state index contributed by atoms with van der Waals surface area (Å²) in [5.41, 5.74) is 0.460. The molecule has 1 heterocycles. The molecule has 4 nitrogen and oxygen atoms in total. The van der Waals surface area contributed by atoms with Crippen LogP contribution in [0.2, 0.25) is 5.15 Å². The van der Waals surface area contributed by atoms with Crippen LogP contribution in [0.3, 0.4) is 0 Å². The molecule has 0 spiro atoms. The largest absolute Gasteiger partial charge is 0.345 e. The summed E-state index contributed by atoms with van der Waals surface area (Å²) in [6, 6.07) is 3.50. The molecule has 0 atom stereocenters. The fraction of sp³-hybridized carbons (Fsp3) is 0.545. The van der Waals surface area contributed by atoms with Gasteiger partial charge in [0.05, 0.1) is 11.2 Å². The third-order valence-corrected chi connectivity index (χ3v) is 3.26. The number of halogens is 2. The summed E-state index contributed by atoms with van der Waals surface area (Å²) in [7, 11) is 0. The van der Waals surface area contributed by atoms with Crippen LogP contribution in [0.1, 0.15) is 31.4 Å². The lowest BCUT2D eigenvalue weighted by Crippen LogP contribution is -2.35. The number of aromatic nitrogens is 2. The zero-order valence-corrected chi connectivity index (χ0v) is 10.8. The van der Waals surface area contributed by atoms with Crippen molar-refractivity contribution >= 4 is 29.1 Å². The summed E-state index contributed by atoms with van der Waals surface area (Å²) in [5.74, 6) is 0.515. The minimum absolute atomic E-state index is 0.0138. The molecule has 1 aromatic heterocycles. The van der Waals surface area contributed by atoms with Crippen LogP contribution in [0.4, 0.5) is 0 Å². The maximum atomic E-state index is 11.7. The zero-order valence-electron chi connectivity index (χ0n) is 9.25. The molecule has 1 aliphatic carbocycles. The van der Waals surface area contributed by atoms with Gasteiger partial charge in [-0.2, -0.15) is 5.10 Å². The van der Waals surface area contributed by atoms with Crippen molar-refractivity contribution in [1.82, 2.24) is 15.5 Å². The van der Waals surface area contributed by atoms with E-state index in [9.17, 15) is 4.79 Å². The van der Waals surface area contributed by atoms with Crippen LogP contribution in [0.25, 0.3) is 0 Å². The molecule has 17 heavy (non-hydrogen) atoms. The number of carbonyl (C=O) groups is 1. The minimum Gasteiger partial charge on any atom is -0.345 e. The third kappa shape index (κ3) is 3.07. The number of carbonyl (C=O) groups excluding carboxylic acids is 1. The van der Waals surface area contributed by atoms with Gasteiger partial charge in [-0.1, -0.05) is 11.6 Å². The second-order valence-electron chi connectivity index (χ2n) is 4.16. The van der Waals surface area contributed by atoms with Crippen LogP contribution in [-0.2, 0) is 10.3 Å². The Bertz CT molecular complexity index is 404. The number of amides is 1. The molecule has 1 saturated carbocycles. The van der Waals surface area contributed by atoms with Crippen LogP contribution < -0.4 is 5.32 Å². The highest BCUT2D eigenvalue weighted by molar-refractivity contribution is 6.29. The van der Waals surface area contributed by atoms with Gasteiger partial charge in [0.2, 0.25) is 5.91 Å². The molecule has 0 unspecified atom stereocenters. The molecule has 2 rings (SSSR count). The van der Waals surface area contributed by atoms with Crippen molar-refractivity contribution in [2.24, 2.45) is 0 Å². The number of rotatable bonds is 5. The van der Waals surface area contributed by atoms with E-state index in [0.29, 0.717) is 23.9 Å². The summed E-state index contributed by atoms with van der Waals surface area (Å²) in [6.07, 6.45) is 2.94. The summed E-state index contributed by atoms with van der Waals surface area (Å²) < 4.78 is 0. The first-order valence-electron chi connectivity index (χ1n) is 5.53. The lowest BCUT2D eigenvalue weighted by Gasteiger charge is -2.16. The van der Waals surface area contributed by atoms with Gasteiger partial charge in [0, 0.05) is 12.3 Å². The van der Waals surface area contributed by atoms with Crippen molar-refractivity contribution in [2.45, 2.75) is 31.2 Å². The van der Waals surface area contributed by atoms with Crippen molar-refractivity contribution in [2.75, 3.05) is 5.88 Å². The van der Waals surface area contributed by atoms with E-state index in [2.05, 4.69) is 15.5 Å². The van der Waals surface area contributed by atoms with E-state index in [1.54, 1.807) is 6.07 Å². The van der Waals surface area contributed by atoms with Gasteiger partial charge in [0.15, 0.2) is 5.15 Å². The molecule has 1 N–H and O–H groups in total. The standard InChI is InChI=1S/C11H13Cl2N3O/c12-7-1-2-10(17)14-11(5-6-11)8-3-4-9(13)16-15-8/h3-4H,1-2,5-7H2,(H,14,17). The van der Waals surface area contributed by atoms with Gasteiger partial charge < -0.3 is 5.32 Å². The average Bonchev–Trinajstić information content (AvgIpc) is 3.08. The molecule has 1 fully saturated rings. The Labute approximate surface area is 110 Å². The van der Waals surface area contributed by atoms with Gasteiger partial charge in [0.25, 0.3) is 0 Å². The SMILES string of the molecule is O=C(CCCCl)NC1(c2ccc(Cl)nn2)CC1. The summed E-state index contributed by atoms with van der Waals surface area (Å²) in [6.45, 7) is 0. The van der Waals surface area contributed by atoms with Crippen LogP contribution >= 0.6 is 23.2 Å². The lowest BCUT2D eigenvalue weighted by molar-refractivity contribution is -0.122.